The standard InChI is InChI=1S/C22H18N4O/c27-22(21-18-9-5-4-6-16(18)10-11-24-21)26-15-20-23-12-13-25(20)14-19(26)17-7-2-1-3-8-17/h1-13,19H,14-15H2/t19-/m1/s1. The Kier molecular flexibility index (Phi) is 3.71. The van der Waals surface area contributed by atoms with Crippen molar-refractivity contribution in [3.63, 3.8) is 0 Å². The van der Waals surface area contributed by atoms with Gasteiger partial charge < -0.3 is 9.47 Å². The fourth-order valence-corrected chi connectivity index (χ4v) is 3.81. The Morgan fingerprint density at radius 2 is 1.74 bits per heavy atom. The zero-order chi connectivity index (χ0) is 18.2. The summed E-state index contributed by atoms with van der Waals surface area (Å²) in [4.78, 5) is 24.3. The number of hydrogen-bond acceptors (Lipinski definition) is 3. The Balaban J connectivity index is 1.61. The summed E-state index contributed by atoms with van der Waals surface area (Å²) in [6, 6.07) is 19.9. The Hall–Kier alpha value is -3.47. The maximum absolute atomic E-state index is 13.6. The summed E-state index contributed by atoms with van der Waals surface area (Å²) in [5.74, 6) is 0.839. The first-order valence-electron chi connectivity index (χ1n) is 9.01. The van der Waals surface area contributed by atoms with Crippen molar-refractivity contribution in [3.8, 4) is 0 Å². The molecular formula is C22H18N4O. The molecule has 5 heteroatoms. The maximum atomic E-state index is 13.6. The molecule has 3 heterocycles. The highest BCUT2D eigenvalue weighted by Crippen LogP contribution is 2.31. The molecule has 1 amide bonds. The second-order valence-electron chi connectivity index (χ2n) is 6.74. The summed E-state index contributed by atoms with van der Waals surface area (Å²) in [5, 5.41) is 1.90. The van der Waals surface area contributed by atoms with Gasteiger partial charge in [-0.3, -0.25) is 9.78 Å². The average Bonchev–Trinajstić information content (AvgIpc) is 3.20. The number of pyridine rings is 1. The van der Waals surface area contributed by atoms with Gasteiger partial charge in [0.2, 0.25) is 0 Å². The summed E-state index contributed by atoms with van der Waals surface area (Å²) in [6.45, 7) is 1.16. The second kappa shape index (κ2) is 6.36. The highest BCUT2D eigenvalue weighted by atomic mass is 16.2. The zero-order valence-electron chi connectivity index (χ0n) is 14.7. The molecule has 0 aliphatic carbocycles. The first kappa shape index (κ1) is 15.8. The Labute approximate surface area is 156 Å². The van der Waals surface area contributed by atoms with Crippen molar-refractivity contribution in [2.45, 2.75) is 19.1 Å². The highest BCUT2D eigenvalue weighted by Gasteiger charge is 2.33. The van der Waals surface area contributed by atoms with Gasteiger partial charge in [0.15, 0.2) is 0 Å². The van der Waals surface area contributed by atoms with Crippen molar-refractivity contribution in [1.82, 2.24) is 19.4 Å². The van der Waals surface area contributed by atoms with Crippen LogP contribution in [0.15, 0.2) is 79.3 Å². The van der Waals surface area contributed by atoms with Crippen LogP contribution in [0.1, 0.15) is 27.9 Å². The third kappa shape index (κ3) is 2.68. The summed E-state index contributed by atoms with van der Waals surface area (Å²) in [6.07, 6.45) is 5.47. The number of nitrogens with zero attached hydrogens (tertiary/aromatic N) is 4. The van der Waals surface area contributed by atoms with Crippen molar-refractivity contribution in [1.29, 1.82) is 0 Å². The molecule has 27 heavy (non-hydrogen) atoms. The summed E-state index contributed by atoms with van der Waals surface area (Å²) >= 11 is 0. The van der Waals surface area contributed by atoms with Gasteiger partial charge in [-0.25, -0.2) is 4.98 Å². The van der Waals surface area contributed by atoms with Crippen LogP contribution in [0.25, 0.3) is 10.8 Å². The minimum Gasteiger partial charge on any atom is -0.331 e. The van der Waals surface area contributed by atoms with Gasteiger partial charge in [0.05, 0.1) is 12.6 Å². The zero-order valence-corrected chi connectivity index (χ0v) is 14.7. The Morgan fingerprint density at radius 1 is 0.926 bits per heavy atom. The molecule has 0 N–H and O–H groups in total. The lowest BCUT2D eigenvalue weighted by atomic mass is 10.0. The average molecular weight is 354 g/mol. The van der Waals surface area contributed by atoms with E-state index in [1.807, 2.05) is 59.6 Å². The molecule has 0 spiro atoms. The lowest BCUT2D eigenvalue weighted by Gasteiger charge is -2.36. The Bertz CT molecular complexity index is 1110. The van der Waals surface area contributed by atoms with E-state index < -0.39 is 0 Å². The third-order valence-corrected chi connectivity index (χ3v) is 5.18. The van der Waals surface area contributed by atoms with Crippen molar-refractivity contribution in [3.05, 3.63) is 96.3 Å². The van der Waals surface area contributed by atoms with Crippen LogP contribution in [0.4, 0.5) is 0 Å². The summed E-state index contributed by atoms with van der Waals surface area (Å²) < 4.78 is 2.12. The predicted molar refractivity (Wildman–Crippen MR) is 103 cm³/mol. The third-order valence-electron chi connectivity index (χ3n) is 5.18. The summed E-state index contributed by atoms with van der Waals surface area (Å²) in [5.41, 5.74) is 1.61. The number of amides is 1. The van der Waals surface area contributed by atoms with Gasteiger partial charge in [0, 0.05) is 30.5 Å². The number of fused-ring (bicyclic) bond motifs is 2. The van der Waals surface area contributed by atoms with E-state index in [4.69, 9.17) is 0 Å². The lowest BCUT2D eigenvalue weighted by Crippen LogP contribution is -2.41. The molecule has 132 valence electrons. The smallest absolute Gasteiger partial charge is 0.274 e. The first-order valence-corrected chi connectivity index (χ1v) is 9.01. The van der Waals surface area contributed by atoms with Gasteiger partial charge in [0.1, 0.15) is 11.5 Å². The SMILES string of the molecule is O=C(c1nccc2ccccc12)N1Cc2nccn2C[C@@H]1c1ccccc1. The molecule has 5 rings (SSSR count). The number of rotatable bonds is 2. The number of carbonyl (C=O) groups is 1. The van der Waals surface area contributed by atoms with Gasteiger partial charge in [-0.1, -0.05) is 54.6 Å². The molecule has 1 aliphatic heterocycles. The molecule has 0 saturated heterocycles. The van der Waals surface area contributed by atoms with E-state index in [1.165, 1.54) is 0 Å². The molecule has 2 aromatic heterocycles. The van der Waals surface area contributed by atoms with Gasteiger partial charge in [-0.2, -0.15) is 0 Å². The van der Waals surface area contributed by atoms with Crippen LogP contribution in [0, 0.1) is 0 Å². The number of carbonyl (C=O) groups excluding carboxylic acids is 1. The molecule has 1 aliphatic rings. The molecule has 0 radical (unpaired) electrons. The van der Waals surface area contributed by atoms with Crippen molar-refractivity contribution >= 4 is 16.7 Å². The van der Waals surface area contributed by atoms with E-state index in [0.717, 1.165) is 22.2 Å². The van der Waals surface area contributed by atoms with Crippen molar-refractivity contribution < 1.29 is 4.79 Å². The first-order chi connectivity index (χ1) is 13.3. The number of hydrogen-bond donors (Lipinski definition) is 0. The van der Waals surface area contributed by atoms with Crippen LogP contribution in [-0.4, -0.2) is 25.3 Å². The molecule has 2 aromatic carbocycles. The van der Waals surface area contributed by atoms with Crippen molar-refractivity contribution in [2.75, 3.05) is 0 Å². The molecule has 5 nitrogen and oxygen atoms in total. The van der Waals surface area contributed by atoms with Gasteiger partial charge >= 0.3 is 0 Å². The van der Waals surface area contributed by atoms with Gasteiger partial charge in [-0.15, -0.1) is 0 Å². The van der Waals surface area contributed by atoms with E-state index >= 15 is 0 Å². The molecule has 0 fully saturated rings. The lowest BCUT2D eigenvalue weighted by molar-refractivity contribution is 0.0580. The maximum Gasteiger partial charge on any atom is 0.274 e. The molecular weight excluding hydrogens is 336 g/mol. The number of imidazole rings is 1. The van der Waals surface area contributed by atoms with E-state index in [2.05, 4.69) is 26.7 Å². The van der Waals surface area contributed by atoms with Crippen molar-refractivity contribution in [2.24, 2.45) is 0 Å². The number of aromatic nitrogens is 3. The normalized spacial score (nSPS) is 16.3. The highest BCUT2D eigenvalue weighted by molar-refractivity contribution is 6.05. The quantitative estimate of drug-likeness (QED) is 0.550. The second-order valence-corrected chi connectivity index (χ2v) is 6.74. The van der Waals surface area contributed by atoms with Crippen LogP contribution in [0.2, 0.25) is 0 Å². The topological polar surface area (TPSA) is 51.0 Å². The molecule has 0 bridgehead atoms. The molecule has 4 aromatic rings. The fraction of sp³-hybridized carbons (Fsp3) is 0.136. The van der Waals surface area contributed by atoms with Crippen LogP contribution < -0.4 is 0 Å². The van der Waals surface area contributed by atoms with Crippen LogP contribution in [0.3, 0.4) is 0 Å². The summed E-state index contributed by atoms with van der Waals surface area (Å²) in [7, 11) is 0. The fourth-order valence-electron chi connectivity index (χ4n) is 3.81. The van der Waals surface area contributed by atoms with E-state index in [0.29, 0.717) is 18.8 Å². The van der Waals surface area contributed by atoms with E-state index in [1.54, 1.807) is 12.4 Å². The molecule has 0 unspecified atom stereocenters. The molecule has 1 atom stereocenters. The van der Waals surface area contributed by atoms with Gasteiger partial charge in [-0.05, 0) is 17.0 Å². The molecule has 0 saturated carbocycles. The van der Waals surface area contributed by atoms with Crippen LogP contribution >= 0.6 is 0 Å². The predicted octanol–water partition coefficient (Wildman–Crippen LogP) is 3.83. The van der Waals surface area contributed by atoms with Crippen LogP contribution in [-0.2, 0) is 13.1 Å². The largest absolute Gasteiger partial charge is 0.331 e. The van der Waals surface area contributed by atoms with Crippen LogP contribution in [0.5, 0.6) is 0 Å². The van der Waals surface area contributed by atoms with E-state index in [-0.39, 0.29) is 11.9 Å². The van der Waals surface area contributed by atoms with Gasteiger partial charge in [0.25, 0.3) is 5.91 Å². The Morgan fingerprint density at radius 3 is 2.63 bits per heavy atom. The monoisotopic (exact) mass is 354 g/mol. The number of benzene rings is 2. The van der Waals surface area contributed by atoms with E-state index in [9.17, 15) is 4.79 Å². The minimum absolute atomic E-state index is 0.0545. The minimum atomic E-state index is -0.0603.